The molecule has 1 aromatic rings. The molecule has 0 aliphatic carbocycles. The minimum Gasteiger partial charge on any atom is -0.494 e. The van der Waals surface area contributed by atoms with Gasteiger partial charge in [-0.1, -0.05) is 26.2 Å². The van der Waals surface area contributed by atoms with Gasteiger partial charge >= 0.3 is 5.69 Å². The van der Waals surface area contributed by atoms with Gasteiger partial charge in [0, 0.05) is 6.54 Å². The monoisotopic (exact) mass is 338 g/mol. The van der Waals surface area contributed by atoms with Crippen LogP contribution in [0.4, 0.5) is 0 Å². The molecule has 3 N–H and O–H groups in total. The van der Waals surface area contributed by atoms with Crippen molar-refractivity contribution in [3.05, 3.63) is 26.4 Å². The minimum absolute atomic E-state index is 0.0383. The molecule has 1 saturated heterocycles. The van der Waals surface area contributed by atoms with Crippen LogP contribution >= 0.6 is 0 Å². The van der Waals surface area contributed by atoms with Crippen molar-refractivity contribution in [1.82, 2.24) is 14.6 Å². The molecule has 24 heavy (non-hydrogen) atoms. The third-order valence-corrected chi connectivity index (χ3v) is 4.39. The van der Waals surface area contributed by atoms with Gasteiger partial charge in [-0.2, -0.15) is 5.10 Å². The number of quaternary nitrogens is 1. The first-order chi connectivity index (χ1) is 11.5. The molecule has 0 radical (unpaired) electrons. The van der Waals surface area contributed by atoms with Crippen LogP contribution in [-0.4, -0.2) is 59.1 Å². The van der Waals surface area contributed by atoms with E-state index in [2.05, 4.69) is 24.1 Å². The summed E-state index contributed by atoms with van der Waals surface area (Å²) in [6.45, 7) is 6.07. The highest BCUT2D eigenvalue weighted by Crippen LogP contribution is 2.10. The van der Waals surface area contributed by atoms with Gasteiger partial charge in [-0.15, -0.1) is 0 Å². The summed E-state index contributed by atoms with van der Waals surface area (Å²) in [7, 11) is 2.13. The first-order valence-corrected chi connectivity index (χ1v) is 8.69. The maximum atomic E-state index is 12.0. The maximum absolute atomic E-state index is 12.0. The molecule has 8 nitrogen and oxygen atoms in total. The molecule has 2 rings (SSSR count). The summed E-state index contributed by atoms with van der Waals surface area (Å²) in [6, 6.07) is 0. The summed E-state index contributed by atoms with van der Waals surface area (Å²) in [5, 5.41) is 16.5. The van der Waals surface area contributed by atoms with E-state index in [4.69, 9.17) is 0 Å². The van der Waals surface area contributed by atoms with Crippen LogP contribution in [0.2, 0.25) is 0 Å². The van der Waals surface area contributed by atoms with Crippen molar-refractivity contribution < 1.29 is 10.0 Å². The highest BCUT2D eigenvalue weighted by atomic mass is 16.3. The fraction of sp³-hybridized carbons (Fsp3) is 0.688. The van der Waals surface area contributed by atoms with Crippen LogP contribution in [0.5, 0.6) is 5.88 Å². The first kappa shape index (κ1) is 18.3. The van der Waals surface area contributed by atoms with Crippen molar-refractivity contribution >= 4 is 6.21 Å². The first-order valence-electron chi connectivity index (χ1n) is 8.69. The second-order valence-electron chi connectivity index (χ2n) is 6.36. The molecule has 1 aliphatic rings. The second kappa shape index (κ2) is 8.68. The lowest BCUT2D eigenvalue weighted by Crippen LogP contribution is -3.11. The Morgan fingerprint density at radius 2 is 1.96 bits per heavy atom. The number of aromatic amines is 1. The van der Waals surface area contributed by atoms with E-state index in [1.165, 1.54) is 15.7 Å². The second-order valence-corrected chi connectivity index (χ2v) is 6.36. The smallest absolute Gasteiger partial charge is 0.331 e. The minimum atomic E-state index is -0.606. The number of nitrogens with zero attached hydrogens (tertiary/aromatic N) is 3. The van der Waals surface area contributed by atoms with Gasteiger partial charge in [0.25, 0.3) is 5.56 Å². The topological polar surface area (TPSA) is 95.1 Å². The van der Waals surface area contributed by atoms with Crippen LogP contribution in [0.3, 0.4) is 0 Å². The van der Waals surface area contributed by atoms with Gasteiger partial charge in [-0.3, -0.25) is 19.4 Å². The van der Waals surface area contributed by atoms with E-state index in [1.54, 1.807) is 0 Å². The number of hydrogen-bond acceptors (Lipinski definition) is 5. The van der Waals surface area contributed by atoms with E-state index < -0.39 is 11.2 Å². The number of aromatic nitrogens is 2. The standard InChI is InChI=1S/C16H27N5O3/c1-3-4-5-6-7-21-15(23)13(14(22)18-16(21)24)12-17-20-10-8-19(2)9-11-20/h12,23H,3-11H2,1-2H3,(H,18,22,24)/p+1/b17-12+. The lowest BCUT2D eigenvalue weighted by Gasteiger charge is -2.27. The number of piperazine rings is 1. The van der Waals surface area contributed by atoms with Crippen molar-refractivity contribution in [2.24, 2.45) is 5.10 Å². The number of aromatic hydroxyl groups is 1. The van der Waals surface area contributed by atoms with Crippen LogP contribution in [0.15, 0.2) is 14.7 Å². The summed E-state index contributed by atoms with van der Waals surface area (Å²) in [6.07, 6.45) is 5.30. The van der Waals surface area contributed by atoms with E-state index in [0.29, 0.717) is 6.54 Å². The molecule has 0 aromatic carbocycles. The Kier molecular flexibility index (Phi) is 6.60. The van der Waals surface area contributed by atoms with Crippen LogP contribution < -0.4 is 16.1 Å². The molecule has 0 spiro atoms. The lowest BCUT2D eigenvalue weighted by atomic mass is 10.2. The number of hydrogen-bond donors (Lipinski definition) is 3. The number of rotatable bonds is 7. The van der Waals surface area contributed by atoms with Gasteiger partial charge < -0.3 is 10.0 Å². The van der Waals surface area contributed by atoms with E-state index in [9.17, 15) is 14.7 Å². The molecule has 1 aromatic heterocycles. The molecule has 1 aliphatic heterocycles. The molecule has 1 fully saturated rings. The Bertz CT molecular complexity index is 671. The van der Waals surface area contributed by atoms with Crippen LogP contribution in [0.25, 0.3) is 0 Å². The number of H-pyrrole nitrogens is 1. The Morgan fingerprint density at radius 3 is 2.62 bits per heavy atom. The van der Waals surface area contributed by atoms with Crippen molar-refractivity contribution in [2.75, 3.05) is 33.2 Å². The molecule has 0 amide bonds. The Hall–Kier alpha value is -2.09. The third kappa shape index (κ3) is 4.70. The van der Waals surface area contributed by atoms with Crippen molar-refractivity contribution in [2.45, 2.75) is 39.2 Å². The average Bonchev–Trinajstić information content (AvgIpc) is 2.55. The zero-order valence-electron chi connectivity index (χ0n) is 14.5. The third-order valence-electron chi connectivity index (χ3n) is 4.39. The Balaban J connectivity index is 2.14. The number of nitrogens with one attached hydrogen (secondary N) is 2. The van der Waals surface area contributed by atoms with Crippen molar-refractivity contribution in [3.8, 4) is 5.88 Å². The highest BCUT2D eigenvalue weighted by Gasteiger charge is 2.16. The fourth-order valence-corrected chi connectivity index (χ4v) is 2.73. The maximum Gasteiger partial charge on any atom is 0.331 e. The van der Waals surface area contributed by atoms with Crippen LogP contribution in [0.1, 0.15) is 38.2 Å². The van der Waals surface area contributed by atoms with Crippen molar-refractivity contribution in [1.29, 1.82) is 0 Å². The number of hydrazone groups is 1. The van der Waals surface area contributed by atoms with Gasteiger partial charge in [0.1, 0.15) is 5.56 Å². The predicted molar refractivity (Wildman–Crippen MR) is 92.9 cm³/mol. The lowest BCUT2D eigenvalue weighted by molar-refractivity contribution is -0.884. The van der Waals surface area contributed by atoms with E-state index in [-0.39, 0.29) is 11.4 Å². The summed E-state index contributed by atoms with van der Waals surface area (Å²) < 4.78 is 1.21. The Labute approximate surface area is 141 Å². The van der Waals surface area contributed by atoms with E-state index in [1.807, 2.05) is 5.01 Å². The van der Waals surface area contributed by atoms with Gasteiger partial charge in [0.05, 0.1) is 39.4 Å². The van der Waals surface area contributed by atoms with Crippen LogP contribution in [0, 0.1) is 0 Å². The molecule has 0 atom stereocenters. The molecule has 0 bridgehead atoms. The summed E-state index contributed by atoms with van der Waals surface area (Å²) in [5.41, 5.74) is -1.14. The van der Waals surface area contributed by atoms with Crippen LogP contribution in [-0.2, 0) is 6.54 Å². The van der Waals surface area contributed by atoms with Gasteiger partial charge in [0.2, 0.25) is 5.88 Å². The summed E-state index contributed by atoms with van der Waals surface area (Å²) >= 11 is 0. The molecule has 8 heteroatoms. The van der Waals surface area contributed by atoms with E-state index >= 15 is 0 Å². The number of unbranched alkanes of at least 4 members (excludes halogenated alkanes) is 3. The van der Waals surface area contributed by atoms with Gasteiger partial charge in [-0.25, -0.2) is 4.79 Å². The molecular formula is C16H28N5O3+. The zero-order chi connectivity index (χ0) is 17.5. The zero-order valence-corrected chi connectivity index (χ0v) is 14.5. The summed E-state index contributed by atoms with van der Waals surface area (Å²) in [5.74, 6) is -0.302. The SMILES string of the molecule is CCCCCCn1c(O)c(/C=N/N2CC[NH+](C)CC2)c(=O)[nH]c1=O. The molecule has 0 saturated carbocycles. The average molecular weight is 338 g/mol. The molecule has 0 unspecified atom stereocenters. The van der Waals surface area contributed by atoms with E-state index in [0.717, 1.165) is 51.9 Å². The predicted octanol–water partition coefficient (Wildman–Crippen LogP) is -1.01. The number of likely N-dealkylation sites (N-methyl/N-ethyl adjacent to an activating group) is 1. The fourth-order valence-electron chi connectivity index (χ4n) is 2.73. The summed E-state index contributed by atoms with van der Waals surface area (Å²) in [4.78, 5) is 27.6. The molecule has 134 valence electrons. The molecule has 2 heterocycles. The van der Waals surface area contributed by atoms with Gasteiger partial charge in [0.15, 0.2) is 0 Å². The largest absolute Gasteiger partial charge is 0.494 e. The Morgan fingerprint density at radius 1 is 1.25 bits per heavy atom. The normalized spacial score (nSPS) is 16.2. The van der Waals surface area contributed by atoms with Crippen molar-refractivity contribution in [3.63, 3.8) is 0 Å². The highest BCUT2D eigenvalue weighted by molar-refractivity contribution is 5.81. The quantitative estimate of drug-likeness (QED) is 0.438. The van der Waals surface area contributed by atoms with Gasteiger partial charge in [-0.05, 0) is 6.42 Å². The molecular weight excluding hydrogens is 310 g/mol.